The van der Waals surface area contributed by atoms with Crippen molar-refractivity contribution in [2.45, 2.75) is 77.7 Å². The van der Waals surface area contributed by atoms with Gasteiger partial charge >= 0.3 is 0 Å². The van der Waals surface area contributed by atoms with E-state index in [1.165, 1.54) is 17.5 Å². The van der Waals surface area contributed by atoms with Crippen molar-refractivity contribution in [3.05, 3.63) is 74.7 Å². The number of piperidine rings is 1. The van der Waals surface area contributed by atoms with E-state index in [-0.39, 0.29) is 35.8 Å². The fraction of sp³-hybridized carbons (Fsp3) is 0.425. The van der Waals surface area contributed by atoms with Gasteiger partial charge in [-0.3, -0.25) is 43.9 Å². The van der Waals surface area contributed by atoms with Gasteiger partial charge in [0.15, 0.2) is 5.13 Å². The minimum atomic E-state index is -1.05. The van der Waals surface area contributed by atoms with Crippen molar-refractivity contribution in [2.75, 3.05) is 48.3 Å². The molecule has 18 heteroatoms. The number of aromatic nitrogens is 3. The van der Waals surface area contributed by atoms with Gasteiger partial charge in [-0.15, -0.1) is 0 Å². The second-order valence-corrected chi connectivity index (χ2v) is 16.1. The number of para-hydroxylation sites is 1. The summed E-state index contributed by atoms with van der Waals surface area (Å²) < 4.78 is 0. The van der Waals surface area contributed by atoms with Crippen LogP contribution in [0.3, 0.4) is 0 Å². The molecule has 0 spiro atoms. The highest BCUT2D eigenvalue weighted by Crippen LogP contribution is 2.35. The van der Waals surface area contributed by atoms with Crippen molar-refractivity contribution in [3.63, 3.8) is 0 Å². The molecule has 3 aliphatic heterocycles. The van der Waals surface area contributed by atoms with Crippen LogP contribution in [0, 0.1) is 13.8 Å². The molecule has 304 valence electrons. The Morgan fingerprint density at radius 3 is 2.53 bits per heavy atom. The molecule has 0 radical (unpaired) electrons. The van der Waals surface area contributed by atoms with E-state index in [1.54, 1.807) is 12.1 Å². The number of allylic oxidation sites excluding steroid dienone is 2. The molecule has 16 nitrogen and oxygen atoms in total. The molecule has 1 aromatic carbocycles. The molecule has 3 saturated heterocycles. The largest absolute Gasteiger partial charge is 0.354 e. The number of anilines is 4. The van der Waals surface area contributed by atoms with Crippen molar-refractivity contribution >= 4 is 80.8 Å². The molecule has 4 aliphatic rings. The molecule has 5 heterocycles. The summed E-state index contributed by atoms with van der Waals surface area (Å²) in [5, 5.41) is 12.2. The van der Waals surface area contributed by atoms with E-state index >= 15 is 0 Å². The average molecular weight is 829 g/mol. The first kappa shape index (κ1) is 40.7. The van der Waals surface area contributed by atoms with Crippen molar-refractivity contribution in [3.8, 4) is 0 Å². The molecule has 1 aliphatic carbocycles. The number of hydrogen-bond donors (Lipinski definition) is 4. The highest BCUT2D eigenvalue weighted by molar-refractivity contribution is 7.17. The Morgan fingerprint density at radius 1 is 0.966 bits per heavy atom. The zero-order chi connectivity index (χ0) is 40.9. The molecule has 1 atom stereocenters. The first-order chi connectivity index (χ1) is 27.9. The normalized spacial score (nSPS) is 18.6. The number of carbonyl (C=O) groups excluding carboxylic acids is 6. The summed E-state index contributed by atoms with van der Waals surface area (Å²) >= 11 is 7.51. The number of aryl methyl sites for hydroxylation is 2. The summed E-state index contributed by atoms with van der Waals surface area (Å²) in [5.41, 5.74) is 2.22. The quantitative estimate of drug-likeness (QED) is 0.131. The number of nitrogens with one attached hydrogen (secondary N) is 4. The number of nitrogens with zero attached hydrogens (tertiary/aromatic N) is 6. The maximum atomic E-state index is 13.3. The van der Waals surface area contributed by atoms with Crippen LogP contribution < -0.4 is 26.2 Å². The van der Waals surface area contributed by atoms with E-state index in [1.807, 2.05) is 32.0 Å². The lowest BCUT2D eigenvalue weighted by Gasteiger charge is -2.35. The van der Waals surface area contributed by atoms with Crippen molar-refractivity contribution in [1.29, 1.82) is 0 Å². The van der Waals surface area contributed by atoms with E-state index in [9.17, 15) is 28.8 Å². The molecule has 0 bridgehead atoms. The minimum Gasteiger partial charge on any atom is -0.354 e. The zero-order valence-electron chi connectivity index (χ0n) is 32.4. The fourth-order valence-electron chi connectivity index (χ4n) is 7.56. The number of amides is 6. The molecule has 6 amide bonds. The first-order valence-corrected chi connectivity index (χ1v) is 20.7. The number of halogens is 1. The first-order valence-electron chi connectivity index (χ1n) is 19.5. The van der Waals surface area contributed by atoms with Crippen LogP contribution in [0.2, 0.25) is 5.02 Å². The topological polar surface area (TPSA) is 199 Å². The average Bonchev–Trinajstić information content (AvgIpc) is 3.76. The van der Waals surface area contributed by atoms with Gasteiger partial charge in [0, 0.05) is 50.8 Å². The number of imide groups is 2. The summed E-state index contributed by atoms with van der Waals surface area (Å²) in [6.45, 7) is 8.09. The lowest BCUT2D eigenvalue weighted by Crippen LogP contribution is -2.54. The summed E-state index contributed by atoms with van der Waals surface area (Å²) in [5.74, 6) is -0.721. The van der Waals surface area contributed by atoms with Crippen LogP contribution in [-0.2, 0) is 24.0 Å². The lowest BCUT2D eigenvalue weighted by atomic mass is 9.96. The zero-order valence-corrected chi connectivity index (χ0v) is 33.9. The van der Waals surface area contributed by atoms with Gasteiger partial charge in [-0.25, -0.2) is 15.0 Å². The van der Waals surface area contributed by atoms with E-state index in [2.05, 4.69) is 46.0 Å². The Labute approximate surface area is 344 Å². The van der Waals surface area contributed by atoms with Crippen molar-refractivity contribution < 1.29 is 28.8 Å². The number of thiazole rings is 1. The van der Waals surface area contributed by atoms with Crippen LogP contribution in [0.4, 0.5) is 22.5 Å². The molecule has 7 rings (SSSR count). The van der Waals surface area contributed by atoms with Gasteiger partial charge in [0.1, 0.15) is 28.4 Å². The summed E-state index contributed by atoms with van der Waals surface area (Å²) in [6.07, 6.45) is 8.08. The number of piperazine rings is 1. The smallest absolute Gasteiger partial charge is 0.267 e. The van der Waals surface area contributed by atoms with E-state index in [0.29, 0.717) is 63.7 Å². The third-order valence-corrected chi connectivity index (χ3v) is 11.8. The molecule has 0 saturated carbocycles. The number of benzene rings is 1. The third kappa shape index (κ3) is 9.27. The summed E-state index contributed by atoms with van der Waals surface area (Å²) in [6, 6.07) is 6.30. The molecular weight excluding hydrogens is 784 g/mol. The lowest BCUT2D eigenvalue weighted by molar-refractivity contribution is -0.149. The Morgan fingerprint density at radius 2 is 1.76 bits per heavy atom. The number of rotatable bonds is 14. The molecule has 3 fully saturated rings. The molecule has 3 aromatic rings. The van der Waals surface area contributed by atoms with Crippen LogP contribution in [0.1, 0.15) is 78.8 Å². The maximum Gasteiger partial charge on any atom is 0.267 e. The second kappa shape index (κ2) is 18.0. The maximum absolute atomic E-state index is 13.3. The number of fused-ring (bicyclic) bond motifs is 1. The Hall–Kier alpha value is -5.52. The Balaban J connectivity index is 0.818. The third-order valence-electron chi connectivity index (χ3n) is 10.6. The van der Waals surface area contributed by atoms with Gasteiger partial charge in [-0.05, 0) is 64.1 Å². The van der Waals surface area contributed by atoms with Crippen LogP contribution in [0.15, 0.2) is 53.4 Å². The van der Waals surface area contributed by atoms with Gasteiger partial charge in [-0.1, -0.05) is 54.0 Å². The predicted octanol–water partition coefficient (Wildman–Crippen LogP) is 4.54. The van der Waals surface area contributed by atoms with Crippen LogP contribution >= 0.6 is 22.9 Å². The van der Waals surface area contributed by atoms with E-state index in [4.69, 9.17) is 11.6 Å². The molecule has 1 unspecified atom stereocenters. The highest BCUT2D eigenvalue weighted by atomic mass is 35.5. The SMILES string of the molecule is Cc1nc(Nc2ncc(C(=O)Nc3c(C)cccc3Cl)s2)cc(N2CCN(CCCCCCC(=O)NC3=C4C(=O)N(C5CCC(=O)NC5=O)C(=O)C4=CCC3)CC2)n1. The summed E-state index contributed by atoms with van der Waals surface area (Å²) in [7, 11) is 0. The molecular formula is C40H45ClN10O6S. The number of hydrogen-bond acceptors (Lipinski definition) is 13. The Kier molecular flexibility index (Phi) is 12.6. The van der Waals surface area contributed by atoms with Crippen molar-refractivity contribution in [2.24, 2.45) is 0 Å². The monoisotopic (exact) mass is 828 g/mol. The fourth-order valence-corrected chi connectivity index (χ4v) is 8.55. The van der Waals surface area contributed by atoms with Crippen LogP contribution in [0.5, 0.6) is 0 Å². The van der Waals surface area contributed by atoms with E-state index < -0.39 is 29.7 Å². The van der Waals surface area contributed by atoms with Gasteiger partial charge in [0.25, 0.3) is 17.7 Å². The molecule has 2 aromatic heterocycles. The second-order valence-electron chi connectivity index (χ2n) is 14.7. The number of unbranched alkanes of at least 4 members (excludes halogenated alkanes) is 3. The van der Waals surface area contributed by atoms with E-state index in [0.717, 1.165) is 68.3 Å². The van der Waals surface area contributed by atoms with Crippen molar-refractivity contribution in [1.82, 2.24) is 35.4 Å². The minimum absolute atomic E-state index is 0.0458. The van der Waals surface area contributed by atoms with Gasteiger partial charge in [-0.2, -0.15) is 0 Å². The van der Waals surface area contributed by atoms with Gasteiger partial charge in [0.05, 0.1) is 28.1 Å². The van der Waals surface area contributed by atoms with Gasteiger partial charge < -0.3 is 20.9 Å². The van der Waals surface area contributed by atoms with Gasteiger partial charge in [0.2, 0.25) is 17.7 Å². The molecule has 58 heavy (non-hydrogen) atoms. The number of likely N-dealkylation sites (tertiary alicyclic amines) is 1. The summed E-state index contributed by atoms with van der Waals surface area (Å²) in [4.78, 5) is 95.9. The molecule has 4 N–H and O–H groups in total. The Bertz CT molecular complexity index is 2190. The van der Waals surface area contributed by atoms with Crippen LogP contribution in [0.25, 0.3) is 0 Å². The predicted molar refractivity (Wildman–Crippen MR) is 219 cm³/mol. The highest BCUT2D eigenvalue weighted by Gasteiger charge is 2.48. The van der Waals surface area contributed by atoms with Crippen LogP contribution in [-0.4, -0.2) is 99.0 Å². The number of carbonyl (C=O) groups is 6. The standard InChI is InChI=1S/C40H45ClN10O6S/c1-23-9-7-11-26(41)35(23)48-37(55)29-22-42-40(58-29)46-30-21-31(44-24(2)43-30)50-19-17-49(18-20-50)16-6-4-3-5-13-32(52)45-27-12-8-10-25-34(27)39(57)51(38(25)56)28-14-15-33(53)47-36(28)54/h7,9-11,21-22,28H,3-6,8,12-20H2,1-2H3,(H,45,52)(H,48,55)(H,47,53,54)(H,42,43,44,46).